The maximum absolute atomic E-state index is 11.0. The van der Waals surface area contributed by atoms with Gasteiger partial charge in [-0.15, -0.1) is 0 Å². The smallest absolute Gasteiger partial charge is 0.312 e. The van der Waals surface area contributed by atoms with E-state index in [0.29, 0.717) is 10.3 Å². The Hall–Kier alpha value is -2.22. The number of aromatic nitrogens is 2. The van der Waals surface area contributed by atoms with E-state index in [2.05, 4.69) is 31.2 Å². The quantitative estimate of drug-likeness (QED) is 0.628. The first-order valence-electron chi connectivity index (χ1n) is 6.28. The van der Waals surface area contributed by atoms with Gasteiger partial charge in [0.25, 0.3) is 0 Å². The van der Waals surface area contributed by atoms with Crippen LogP contribution >= 0.6 is 15.9 Å². The van der Waals surface area contributed by atoms with Gasteiger partial charge in [-0.25, -0.2) is 9.97 Å². The first-order valence-corrected chi connectivity index (χ1v) is 7.07. The minimum atomic E-state index is -0.502. The molecular weight excluding hydrogens is 340 g/mol. The molecule has 21 heavy (non-hydrogen) atoms. The molecule has 1 aromatic heterocycles. The minimum absolute atomic E-state index is 0.128. The standard InChI is InChI=1S/C13H13BrN4O3/c1-2-5-15-12-7-13(17-8-16-12)21-11-4-3-9(14)6-10(11)18(19)20/h3-4,6-8H,2,5H2,1H3,(H,15,16,17). The lowest BCUT2D eigenvalue weighted by molar-refractivity contribution is -0.385. The zero-order valence-corrected chi connectivity index (χ0v) is 12.8. The second-order valence-electron chi connectivity index (χ2n) is 4.14. The summed E-state index contributed by atoms with van der Waals surface area (Å²) in [7, 11) is 0. The van der Waals surface area contributed by atoms with Crippen LogP contribution in [-0.4, -0.2) is 21.4 Å². The number of nitrogens with zero attached hydrogens (tertiary/aromatic N) is 3. The number of anilines is 1. The van der Waals surface area contributed by atoms with Crippen LogP contribution < -0.4 is 10.1 Å². The van der Waals surface area contributed by atoms with Gasteiger partial charge < -0.3 is 10.1 Å². The molecule has 0 atom stereocenters. The van der Waals surface area contributed by atoms with Gasteiger partial charge in [0.15, 0.2) is 0 Å². The van der Waals surface area contributed by atoms with Gasteiger partial charge in [0, 0.05) is 23.2 Å². The van der Waals surface area contributed by atoms with Gasteiger partial charge >= 0.3 is 5.69 Å². The van der Waals surface area contributed by atoms with Crippen molar-refractivity contribution in [2.24, 2.45) is 0 Å². The van der Waals surface area contributed by atoms with Crippen molar-refractivity contribution in [1.82, 2.24) is 9.97 Å². The van der Waals surface area contributed by atoms with Crippen LogP contribution in [-0.2, 0) is 0 Å². The Kier molecular flexibility index (Phi) is 5.04. The van der Waals surface area contributed by atoms with Gasteiger partial charge in [-0.3, -0.25) is 10.1 Å². The molecule has 1 aromatic carbocycles. The second kappa shape index (κ2) is 6.98. The van der Waals surface area contributed by atoms with E-state index in [1.54, 1.807) is 12.1 Å². The molecule has 2 aromatic rings. The molecule has 0 radical (unpaired) electrons. The predicted molar refractivity (Wildman–Crippen MR) is 81.7 cm³/mol. The molecule has 0 aliphatic heterocycles. The van der Waals surface area contributed by atoms with Crippen molar-refractivity contribution in [3.05, 3.63) is 45.2 Å². The third kappa shape index (κ3) is 4.12. The first-order chi connectivity index (χ1) is 10.1. The van der Waals surface area contributed by atoms with E-state index >= 15 is 0 Å². The van der Waals surface area contributed by atoms with Gasteiger partial charge in [-0.1, -0.05) is 22.9 Å². The number of nitro groups is 1. The van der Waals surface area contributed by atoms with Crippen molar-refractivity contribution < 1.29 is 9.66 Å². The van der Waals surface area contributed by atoms with Gasteiger partial charge in [-0.05, 0) is 18.6 Å². The van der Waals surface area contributed by atoms with Crippen molar-refractivity contribution in [2.75, 3.05) is 11.9 Å². The van der Waals surface area contributed by atoms with E-state index in [1.165, 1.54) is 18.5 Å². The summed E-state index contributed by atoms with van der Waals surface area (Å²) in [6.45, 7) is 2.81. The molecule has 2 rings (SSSR count). The van der Waals surface area contributed by atoms with Crippen LogP contribution in [0.5, 0.6) is 11.6 Å². The highest BCUT2D eigenvalue weighted by Crippen LogP contribution is 2.33. The summed E-state index contributed by atoms with van der Waals surface area (Å²) >= 11 is 3.19. The summed E-state index contributed by atoms with van der Waals surface area (Å²) in [5.41, 5.74) is -0.133. The van der Waals surface area contributed by atoms with Gasteiger partial charge in [0.1, 0.15) is 12.1 Å². The summed E-state index contributed by atoms with van der Waals surface area (Å²) in [6, 6.07) is 6.16. The highest BCUT2D eigenvalue weighted by Gasteiger charge is 2.17. The Morgan fingerprint density at radius 1 is 1.38 bits per heavy atom. The highest BCUT2D eigenvalue weighted by molar-refractivity contribution is 9.10. The van der Waals surface area contributed by atoms with E-state index in [0.717, 1.165) is 13.0 Å². The third-order valence-electron chi connectivity index (χ3n) is 2.53. The van der Waals surface area contributed by atoms with E-state index in [-0.39, 0.29) is 17.3 Å². The number of halogens is 1. The SMILES string of the molecule is CCCNc1cc(Oc2ccc(Br)cc2[N+](=O)[O-])ncn1. The lowest BCUT2D eigenvalue weighted by Gasteiger charge is -2.07. The normalized spacial score (nSPS) is 10.2. The largest absolute Gasteiger partial charge is 0.432 e. The molecule has 0 saturated heterocycles. The average Bonchev–Trinajstić information content (AvgIpc) is 2.47. The Morgan fingerprint density at radius 2 is 2.19 bits per heavy atom. The Labute approximate surface area is 129 Å². The molecule has 0 aliphatic rings. The molecule has 0 fully saturated rings. The lowest BCUT2D eigenvalue weighted by Crippen LogP contribution is -2.02. The lowest BCUT2D eigenvalue weighted by atomic mass is 10.3. The Balaban J connectivity index is 2.24. The van der Waals surface area contributed by atoms with Crippen LogP contribution in [0.25, 0.3) is 0 Å². The molecule has 0 saturated carbocycles. The van der Waals surface area contributed by atoms with Gasteiger partial charge in [-0.2, -0.15) is 0 Å². The number of hydrogen-bond donors (Lipinski definition) is 1. The van der Waals surface area contributed by atoms with Crippen LogP contribution in [0.4, 0.5) is 11.5 Å². The predicted octanol–water partition coefficient (Wildman–Crippen LogP) is 3.76. The molecule has 7 nitrogen and oxygen atoms in total. The third-order valence-corrected chi connectivity index (χ3v) is 3.02. The number of nitrogens with one attached hydrogen (secondary N) is 1. The number of nitro benzene ring substituents is 1. The summed E-state index contributed by atoms with van der Waals surface area (Å²) in [4.78, 5) is 18.5. The summed E-state index contributed by atoms with van der Waals surface area (Å²) in [6.07, 6.45) is 2.30. The Bertz CT molecular complexity index is 651. The topological polar surface area (TPSA) is 90.2 Å². The molecular formula is C13H13BrN4O3. The van der Waals surface area contributed by atoms with Gasteiger partial charge in [0.2, 0.25) is 11.6 Å². The van der Waals surface area contributed by atoms with Crippen LogP contribution in [0, 0.1) is 10.1 Å². The fourth-order valence-electron chi connectivity index (χ4n) is 1.58. The molecule has 0 unspecified atom stereocenters. The highest BCUT2D eigenvalue weighted by atomic mass is 79.9. The van der Waals surface area contributed by atoms with Crippen LogP contribution in [0.1, 0.15) is 13.3 Å². The van der Waals surface area contributed by atoms with E-state index in [4.69, 9.17) is 4.74 Å². The first kappa shape index (κ1) is 15.2. The molecule has 0 amide bonds. The van der Waals surface area contributed by atoms with E-state index in [9.17, 15) is 10.1 Å². The van der Waals surface area contributed by atoms with E-state index in [1.807, 2.05) is 6.92 Å². The molecule has 0 spiro atoms. The van der Waals surface area contributed by atoms with Crippen LogP contribution in [0.2, 0.25) is 0 Å². The fourth-order valence-corrected chi connectivity index (χ4v) is 1.93. The number of rotatable bonds is 6. The monoisotopic (exact) mass is 352 g/mol. The fraction of sp³-hybridized carbons (Fsp3) is 0.231. The van der Waals surface area contributed by atoms with Gasteiger partial charge in [0.05, 0.1) is 4.92 Å². The average molecular weight is 353 g/mol. The molecule has 8 heteroatoms. The Morgan fingerprint density at radius 3 is 2.90 bits per heavy atom. The molecule has 110 valence electrons. The van der Waals surface area contributed by atoms with Crippen LogP contribution in [0.3, 0.4) is 0 Å². The summed E-state index contributed by atoms with van der Waals surface area (Å²) in [5.74, 6) is 0.985. The van der Waals surface area contributed by atoms with Crippen molar-refractivity contribution in [1.29, 1.82) is 0 Å². The van der Waals surface area contributed by atoms with Crippen LogP contribution in [0.15, 0.2) is 35.1 Å². The van der Waals surface area contributed by atoms with Crippen molar-refractivity contribution in [3.8, 4) is 11.6 Å². The number of ether oxygens (including phenoxy) is 1. The maximum atomic E-state index is 11.0. The summed E-state index contributed by atoms with van der Waals surface area (Å²) in [5, 5.41) is 14.1. The molecule has 1 N–H and O–H groups in total. The number of hydrogen-bond acceptors (Lipinski definition) is 6. The van der Waals surface area contributed by atoms with E-state index < -0.39 is 4.92 Å². The van der Waals surface area contributed by atoms with Crippen molar-refractivity contribution in [3.63, 3.8) is 0 Å². The minimum Gasteiger partial charge on any atom is -0.432 e. The van der Waals surface area contributed by atoms with Crippen molar-refractivity contribution >= 4 is 27.4 Å². The molecule has 0 bridgehead atoms. The zero-order chi connectivity index (χ0) is 15.2. The second-order valence-corrected chi connectivity index (χ2v) is 5.06. The van der Waals surface area contributed by atoms with Crippen molar-refractivity contribution in [2.45, 2.75) is 13.3 Å². The zero-order valence-electron chi connectivity index (χ0n) is 11.2. The molecule has 0 aliphatic carbocycles. The maximum Gasteiger partial charge on any atom is 0.312 e. The number of benzene rings is 1. The molecule has 1 heterocycles. The summed E-state index contributed by atoms with van der Waals surface area (Å²) < 4.78 is 6.10.